The Bertz CT molecular complexity index is 396. The van der Waals surface area contributed by atoms with E-state index in [-0.39, 0.29) is 17.2 Å². The highest BCUT2D eigenvalue weighted by Crippen LogP contribution is 2.19. The van der Waals surface area contributed by atoms with E-state index in [9.17, 15) is 14.3 Å². The minimum atomic E-state index is -0.541. The number of amides is 1. The van der Waals surface area contributed by atoms with Crippen molar-refractivity contribution in [3.05, 3.63) is 29.6 Å². The van der Waals surface area contributed by atoms with E-state index in [0.29, 0.717) is 26.1 Å². The smallest absolute Gasteiger partial charge is 0.257 e. The van der Waals surface area contributed by atoms with E-state index in [1.54, 1.807) is 0 Å². The number of benzene rings is 1. The Kier molecular flexibility index (Phi) is 4.90. The second-order valence-corrected chi connectivity index (χ2v) is 3.69. The van der Waals surface area contributed by atoms with Crippen LogP contribution in [0.3, 0.4) is 0 Å². The Morgan fingerprint density at radius 2 is 2.24 bits per heavy atom. The van der Waals surface area contributed by atoms with Gasteiger partial charge in [0.15, 0.2) is 0 Å². The molecule has 94 valence electrons. The molecule has 0 spiro atoms. The van der Waals surface area contributed by atoms with E-state index >= 15 is 0 Å². The van der Waals surface area contributed by atoms with Gasteiger partial charge in [-0.3, -0.25) is 4.79 Å². The lowest BCUT2D eigenvalue weighted by molar-refractivity contribution is 0.0760. The summed E-state index contributed by atoms with van der Waals surface area (Å²) in [6, 6.07) is 3.34. The van der Waals surface area contributed by atoms with Crippen molar-refractivity contribution in [1.82, 2.24) is 4.90 Å². The molecule has 1 rings (SSSR count). The molecule has 17 heavy (non-hydrogen) atoms. The predicted molar refractivity (Wildman–Crippen MR) is 63.3 cm³/mol. The molecule has 0 aliphatic rings. The highest BCUT2D eigenvalue weighted by atomic mass is 19.1. The zero-order valence-corrected chi connectivity index (χ0v) is 9.82. The lowest BCUT2D eigenvalue weighted by Crippen LogP contribution is -2.32. The third kappa shape index (κ3) is 3.42. The van der Waals surface area contributed by atoms with E-state index in [0.717, 1.165) is 12.1 Å². The Morgan fingerprint density at radius 3 is 2.82 bits per heavy atom. The summed E-state index contributed by atoms with van der Waals surface area (Å²) in [5.74, 6) is -1.12. The van der Waals surface area contributed by atoms with Gasteiger partial charge in [0.1, 0.15) is 11.6 Å². The molecular formula is C12H17FN2O2. The Morgan fingerprint density at radius 1 is 1.53 bits per heavy atom. The summed E-state index contributed by atoms with van der Waals surface area (Å²) in [6.45, 7) is 3.31. The number of phenolic OH excluding ortho intramolecular Hbond substituents is 1. The largest absolute Gasteiger partial charge is 0.507 e. The number of carbonyl (C=O) groups is 1. The van der Waals surface area contributed by atoms with Crippen LogP contribution in [0.5, 0.6) is 5.75 Å². The average Bonchev–Trinajstić information content (AvgIpc) is 2.33. The van der Waals surface area contributed by atoms with Crippen molar-refractivity contribution in [2.45, 2.75) is 13.3 Å². The van der Waals surface area contributed by atoms with Crippen molar-refractivity contribution in [3.63, 3.8) is 0 Å². The monoisotopic (exact) mass is 240 g/mol. The van der Waals surface area contributed by atoms with Crippen molar-refractivity contribution in [2.24, 2.45) is 5.73 Å². The molecule has 1 amide bonds. The first-order valence-electron chi connectivity index (χ1n) is 5.58. The molecule has 1 aromatic carbocycles. The van der Waals surface area contributed by atoms with E-state index < -0.39 is 5.82 Å². The SMILES string of the molecule is CCN(CCCN)C(=O)c1cc(F)ccc1O. The molecule has 0 bridgehead atoms. The molecule has 0 atom stereocenters. The van der Waals surface area contributed by atoms with Crippen molar-refractivity contribution >= 4 is 5.91 Å². The van der Waals surface area contributed by atoms with Gasteiger partial charge in [-0.25, -0.2) is 4.39 Å². The molecular weight excluding hydrogens is 223 g/mol. The van der Waals surface area contributed by atoms with Gasteiger partial charge in [-0.05, 0) is 38.1 Å². The van der Waals surface area contributed by atoms with Crippen LogP contribution in [-0.4, -0.2) is 35.5 Å². The molecule has 0 aromatic heterocycles. The number of aromatic hydroxyl groups is 1. The van der Waals surface area contributed by atoms with Gasteiger partial charge in [0.05, 0.1) is 5.56 Å². The highest BCUT2D eigenvalue weighted by molar-refractivity contribution is 5.96. The fourth-order valence-corrected chi connectivity index (χ4v) is 1.54. The average molecular weight is 240 g/mol. The Balaban J connectivity index is 2.89. The molecule has 0 aliphatic carbocycles. The molecule has 0 radical (unpaired) electrons. The number of rotatable bonds is 5. The summed E-state index contributed by atoms with van der Waals surface area (Å²) in [6.07, 6.45) is 0.676. The molecule has 3 N–H and O–H groups in total. The van der Waals surface area contributed by atoms with Gasteiger partial charge in [0.25, 0.3) is 5.91 Å². The van der Waals surface area contributed by atoms with Crippen LogP contribution in [0.15, 0.2) is 18.2 Å². The third-order valence-electron chi connectivity index (χ3n) is 2.49. The van der Waals surface area contributed by atoms with Crippen LogP contribution >= 0.6 is 0 Å². The number of hydrogen-bond donors (Lipinski definition) is 2. The number of nitrogens with zero attached hydrogens (tertiary/aromatic N) is 1. The number of nitrogens with two attached hydrogens (primary N) is 1. The van der Waals surface area contributed by atoms with Crippen molar-refractivity contribution in [1.29, 1.82) is 0 Å². The molecule has 0 saturated carbocycles. The molecule has 0 aliphatic heterocycles. The first kappa shape index (κ1) is 13.4. The Hall–Kier alpha value is -1.62. The first-order valence-corrected chi connectivity index (χ1v) is 5.58. The van der Waals surface area contributed by atoms with E-state index in [2.05, 4.69) is 0 Å². The van der Waals surface area contributed by atoms with Gasteiger partial charge in [0, 0.05) is 13.1 Å². The summed E-state index contributed by atoms with van der Waals surface area (Å²) in [4.78, 5) is 13.5. The molecule has 0 heterocycles. The predicted octanol–water partition coefficient (Wildman–Crippen LogP) is 1.34. The minimum absolute atomic E-state index is 0.0103. The second kappa shape index (κ2) is 6.20. The molecule has 0 fully saturated rings. The summed E-state index contributed by atoms with van der Waals surface area (Å²) in [7, 11) is 0. The molecule has 5 heteroatoms. The van der Waals surface area contributed by atoms with E-state index in [1.165, 1.54) is 11.0 Å². The number of carbonyl (C=O) groups excluding carboxylic acids is 1. The van der Waals surface area contributed by atoms with Crippen LogP contribution < -0.4 is 5.73 Å². The molecule has 0 saturated heterocycles. The van der Waals surface area contributed by atoms with Crippen LogP contribution in [0.4, 0.5) is 4.39 Å². The number of phenols is 1. The normalized spacial score (nSPS) is 10.3. The van der Waals surface area contributed by atoms with Crippen LogP contribution in [0.2, 0.25) is 0 Å². The fourth-order valence-electron chi connectivity index (χ4n) is 1.54. The van der Waals surface area contributed by atoms with Gasteiger partial charge >= 0.3 is 0 Å². The molecule has 0 unspecified atom stereocenters. The maximum absolute atomic E-state index is 13.0. The van der Waals surface area contributed by atoms with Crippen LogP contribution in [0.25, 0.3) is 0 Å². The Labute approximate surface area is 99.8 Å². The zero-order valence-electron chi connectivity index (χ0n) is 9.82. The van der Waals surface area contributed by atoms with Gasteiger partial charge < -0.3 is 15.7 Å². The second-order valence-electron chi connectivity index (χ2n) is 3.69. The lowest BCUT2D eigenvalue weighted by atomic mass is 10.1. The lowest BCUT2D eigenvalue weighted by Gasteiger charge is -2.21. The molecule has 4 nitrogen and oxygen atoms in total. The summed E-state index contributed by atoms with van der Waals surface area (Å²) >= 11 is 0. The van der Waals surface area contributed by atoms with Crippen molar-refractivity contribution in [3.8, 4) is 5.75 Å². The number of hydrogen-bond acceptors (Lipinski definition) is 3. The van der Waals surface area contributed by atoms with Crippen molar-refractivity contribution < 1.29 is 14.3 Å². The fraction of sp³-hybridized carbons (Fsp3) is 0.417. The zero-order chi connectivity index (χ0) is 12.8. The van der Waals surface area contributed by atoms with Crippen LogP contribution in [0.1, 0.15) is 23.7 Å². The standard InChI is InChI=1S/C12H17FN2O2/c1-2-15(7-3-6-14)12(17)10-8-9(13)4-5-11(10)16/h4-5,8,16H,2-3,6-7,14H2,1H3. The van der Waals surface area contributed by atoms with Crippen LogP contribution in [0, 0.1) is 5.82 Å². The van der Waals surface area contributed by atoms with Crippen molar-refractivity contribution in [2.75, 3.05) is 19.6 Å². The van der Waals surface area contributed by atoms with Gasteiger partial charge in [-0.2, -0.15) is 0 Å². The van der Waals surface area contributed by atoms with Gasteiger partial charge in [0.2, 0.25) is 0 Å². The summed E-state index contributed by atoms with van der Waals surface area (Å²) in [5, 5.41) is 9.54. The maximum atomic E-state index is 13.0. The summed E-state index contributed by atoms with van der Waals surface area (Å²) < 4.78 is 13.0. The van der Waals surface area contributed by atoms with E-state index in [4.69, 9.17) is 5.73 Å². The number of halogens is 1. The topological polar surface area (TPSA) is 66.6 Å². The minimum Gasteiger partial charge on any atom is -0.507 e. The molecule has 1 aromatic rings. The summed E-state index contributed by atoms with van der Waals surface area (Å²) in [5.41, 5.74) is 5.37. The van der Waals surface area contributed by atoms with E-state index in [1.807, 2.05) is 6.92 Å². The maximum Gasteiger partial charge on any atom is 0.257 e. The van der Waals surface area contributed by atoms with Gasteiger partial charge in [-0.15, -0.1) is 0 Å². The third-order valence-corrected chi connectivity index (χ3v) is 2.49. The van der Waals surface area contributed by atoms with Crippen LogP contribution in [-0.2, 0) is 0 Å². The van der Waals surface area contributed by atoms with Gasteiger partial charge in [-0.1, -0.05) is 0 Å². The quantitative estimate of drug-likeness (QED) is 0.816. The highest BCUT2D eigenvalue weighted by Gasteiger charge is 2.17. The first-order chi connectivity index (χ1) is 8.10.